The second-order valence-corrected chi connectivity index (χ2v) is 5.21. The fourth-order valence-electron chi connectivity index (χ4n) is 1.24. The Morgan fingerprint density at radius 1 is 1.47 bits per heavy atom. The molecule has 0 saturated carbocycles. The first kappa shape index (κ1) is 13.4. The molecule has 0 radical (unpaired) electrons. The van der Waals surface area contributed by atoms with Gasteiger partial charge in [-0.3, -0.25) is 10.1 Å². The van der Waals surface area contributed by atoms with E-state index in [-0.39, 0.29) is 23.7 Å². The lowest BCUT2D eigenvalue weighted by atomic mass is 10.2. The lowest BCUT2D eigenvalue weighted by Gasteiger charge is -2.20. The van der Waals surface area contributed by atoms with Gasteiger partial charge in [-0.05, 0) is 6.92 Å². The Balaban J connectivity index is 3.02. The molecule has 0 spiro atoms. The average molecular weight is 259 g/mol. The van der Waals surface area contributed by atoms with Gasteiger partial charge in [0.1, 0.15) is 0 Å². The van der Waals surface area contributed by atoms with Gasteiger partial charge in [0.2, 0.25) is 0 Å². The third-order valence-corrected chi connectivity index (χ3v) is 3.33. The van der Waals surface area contributed by atoms with Crippen molar-refractivity contribution >= 4 is 21.4 Å². The van der Waals surface area contributed by atoms with E-state index in [1.165, 1.54) is 12.1 Å². The number of nitrogens with zero attached hydrogens (tertiary/aromatic N) is 2. The van der Waals surface area contributed by atoms with Crippen LogP contribution in [0.2, 0.25) is 0 Å². The van der Waals surface area contributed by atoms with Crippen LogP contribution in [-0.2, 0) is 10.0 Å². The molecule has 0 saturated heterocycles. The Bertz CT molecular complexity index is 527. The third kappa shape index (κ3) is 3.68. The highest BCUT2D eigenvalue weighted by Gasteiger charge is 2.09. The Kier molecular flexibility index (Phi) is 4.02. The van der Waals surface area contributed by atoms with Crippen molar-refractivity contribution in [2.24, 2.45) is 0 Å². The zero-order chi connectivity index (χ0) is 13.1. The van der Waals surface area contributed by atoms with Crippen molar-refractivity contribution in [3.05, 3.63) is 38.6 Å². The summed E-state index contributed by atoms with van der Waals surface area (Å²) in [6.45, 7) is 1.78. The molecule has 0 aliphatic rings. The van der Waals surface area contributed by atoms with E-state index in [1.54, 1.807) is 6.92 Å². The van der Waals surface area contributed by atoms with Gasteiger partial charge in [0.25, 0.3) is 5.69 Å². The summed E-state index contributed by atoms with van der Waals surface area (Å²) in [6, 6.07) is 4.05. The zero-order valence-electron chi connectivity index (χ0n) is 9.29. The summed E-state index contributed by atoms with van der Waals surface area (Å²) in [5.74, 6) is -0.172. The summed E-state index contributed by atoms with van der Waals surface area (Å²) in [6.07, 6.45) is 0. The predicted molar refractivity (Wildman–Crippen MR) is 62.4 cm³/mol. The number of benzene rings is 1. The zero-order valence-corrected chi connectivity index (χ0v) is 10.1. The van der Waals surface area contributed by atoms with Crippen molar-refractivity contribution in [1.29, 1.82) is 0 Å². The molecule has 7 nitrogen and oxygen atoms in total. The number of hydrogen-bond donors (Lipinski definition) is 1. The molecule has 0 aliphatic carbocycles. The number of aryl methyl sites for hydroxylation is 1. The smallest absolute Gasteiger partial charge is 0.271 e. The van der Waals surface area contributed by atoms with Gasteiger partial charge < -0.3 is 10.5 Å². The summed E-state index contributed by atoms with van der Waals surface area (Å²) < 4.78 is 26.3. The van der Waals surface area contributed by atoms with Gasteiger partial charge in [-0.1, -0.05) is 12.1 Å². The molecular weight excluding hydrogens is 246 g/mol. The fourth-order valence-corrected chi connectivity index (χ4v) is 2.13. The minimum atomic E-state index is -3.60. The van der Waals surface area contributed by atoms with E-state index in [1.807, 2.05) is 0 Å². The van der Waals surface area contributed by atoms with Gasteiger partial charge in [0.05, 0.1) is 27.2 Å². The Hall–Kier alpha value is -1.67. The first-order valence-corrected chi connectivity index (χ1v) is 6.46. The Morgan fingerprint density at radius 2 is 2.12 bits per heavy atom. The van der Waals surface area contributed by atoms with Gasteiger partial charge in [-0.25, -0.2) is 8.42 Å². The lowest BCUT2D eigenvalue weighted by Crippen LogP contribution is -2.52. The van der Waals surface area contributed by atoms with Crippen molar-refractivity contribution < 1.29 is 19.1 Å². The van der Waals surface area contributed by atoms with E-state index in [2.05, 4.69) is 10.5 Å². The van der Waals surface area contributed by atoms with E-state index in [0.717, 1.165) is 6.07 Å². The van der Waals surface area contributed by atoms with Gasteiger partial charge in [0.15, 0.2) is 0 Å². The van der Waals surface area contributed by atoms with E-state index < -0.39 is 14.9 Å². The second-order valence-electron chi connectivity index (χ2n) is 3.46. The molecule has 0 fully saturated rings. The molecule has 0 unspecified atom stereocenters. The molecule has 0 aliphatic heterocycles. The number of sulfonamides is 1. The van der Waals surface area contributed by atoms with Gasteiger partial charge in [-0.2, -0.15) is 0 Å². The highest BCUT2D eigenvalue weighted by atomic mass is 32.2. The van der Waals surface area contributed by atoms with Gasteiger partial charge in [-0.15, -0.1) is 5.69 Å². The summed E-state index contributed by atoms with van der Waals surface area (Å²) >= 11 is 0. The highest BCUT2D eigenvalue weighted by molar-refractivity contribution is 7.94. The van der Waals surface area contributed by atoms with Crippen LogP contribution in [-0.4, -0.2) is 25.6 Å². The van der Waals surface area contributed by atoms with Crippen LogP contribution in [0.15, 0.2) is 18.2 Å². The molecule has 0 bridgehead atoms. The van der Waals surface area contributed by atoms with Crippen molar-refractivity contribution in [3.8, 4) is 0 Å². The molecule has 3 N–H and O–H groups in total. The van der Waals surface area contributed by atoms with Crippen LogP contribution in [0.5, 0.6) is 0 Å². The summed E-state index contributed by atoms with van der Waals surface area (Å²) in [5.41, 5.74) is 3.81. The van der Waals surface area contributed by atoms with E-state index in [4.69, 9.17) is 0 Å². The first-order chi connectivity index (χ1) is 7.85. The van der Waals surface area contributed by atoms with Crippen LogP contribution in [0.25, 0.3) is 4.72 Å². The maximum Gasteiger partial charge on any atom is 0.271 e. The molecule has 1 rings (SSSR count). The van der Waals surface area contributed by atoms with Crippen molar-refractivity contribution in [2.75, 3.05) is 12.3 Å². The van der Waals surface area contributed by atoms with E-state index in [9.17, 15) is 18.5 Å². The topological polar surface area (TPSA) is 119 Å². The van der Waals surface area contributed by atoms with Crippen LogP contribution >= 0.6 is 0 Å². The predicted octanol–water partition coefficient (Wildman–Crippen LogP) is 0.480. The number of nitro benzene ring substituents is 1. The van der Waals surface area contributed by atoms with Gasteiger partial charge >= 0.3 is 0 Å². The Morgan fingerprint density at radius 3 is 2.65 bits per heavy atom. The second kappa shape index (κ2) is 5.11. The molecule has 8 heteroatoms. The molecule has 0 amide bonds. The van der Waals surface area contributed by atoms with Crippen LogP contribution < -0.4 is 5.73 Å². The molecule has 94 valence electrons. The maximum absolute atomic E-state index is 11.4. The molecule has 0 heterocycles. The van der Waals surface area contributed by atoms with E-state index >= 15 is 0 Å². The summed E-state index contributed by atoms with van der Waals surface area (Å²) in [5, 5.41) is 10.7. The van der Waals surface area contributed by atoms with Gasteiger partial charge in [0, 0.05) is 11.6 Å². The molecule has 0 atom stereocenters. The lowest BCUT2D eigenvalue weighted by molar-refractivity contribution is -0.385. The highest BCUT2D eigenvalue weighted by Crippen LogP contribution is 2.29. The van der Waals surface area contributed by atoms with Crippen molar-refractivity contribution in [2.45, 2.75) is 6.92 Å². The van der Waals surface area contributed by atoms with Crippen molar-refractivity contribution in [1.82, 2.24) is 0 Å². The minimum Gasteiger partial charge on any atom is -0.576 e. The quantitative estimate of drug-likeness (QED) is 0.610. The fraction of sp³-hybridized carbons (Fsp3) is 0.333. The van der Waals surface area contributed by atoms with Crippen LogP contribution in [0, 0.1) is 17.0 Å². The standard InChI is InChI=1S/C9H12N3O4S/c1-7-2-3-8(6-9(7)12(13)14)11-17(15,16)5-4-10/h2-3,6H,4-5,10H2,1H3/q-1/p+1. The van der Waals surface area contributed by atoms with Crippen LogP contribution in [0.4, 0.5) is 11.4 Å². The van der Waals surface area contributed by atoms with Crippen molar-refractivity contribution in [3.63, 3.8) is 0 Å². The Labute approximate surface area is 98.8 Å². The summed E-state index contributed by atoms with van der Waals surface area (Å²) in [4.78, 5) is 10.1. The van der Waals surface area contributed by atoms with E-state index in [0.29, 0.717) is 5.56 Å². The normalized spacial score (nSPS) is 11.2. The average Bonchev–Trinajstić information content (AvgIpc) is 2.20. The first-order valence-electron chi connectivity index (χ1n) is 4.85. The third-order valence-electron chi connectivity index (χ3n) is 2.04. The largest absolute Gasteiger partial charge is 0.576 e. The number of quaternary nitrogens is 1. The molecule has 0 aromatic heterocycles. The molecular formula is C9H13N3O4S. The SMILES string of the molecule is Cc1ccc([N-]S(=O)(=O)CC[NH3+])cc1[N+](=O)[O-]. The molecule has 1 aromatic carbocycles. The molecule has 17 heavy (non-hydrogen) atoms. The maximum atomic E-state index is 11.4. The van der Waals surface area contributed by atoms with Crippen LogP contribution in [0.1, 0.15) is 5.56 Å². The van der Waals surface area contributed by atoms with Crippen LogP contribution in [0.3, 0.4) is 0 Å². The summed E-state index contributed by atoms with van der Waals surface area (Å²) in [7, 11) is -3.60. The number of rotatable bonds is 5. The minimum absolute atomic E-state index is 0.0655. The molecule has 1 aromatic rings. The monoisotopic (exact) mass is 259 g/mol. The number of hydrogen-bond acceptors (Lipinski definition) is 4. The number of nitro groups is 1.